The van der Waals surface area contributed by atoms with E-state index in [1.807, 2.05) is 24.3 Å². The standard InChI is InChI=1S/C23H20FN3O3S/c1-2-30-19-12-20(31-22(19)23(28)29)18-11-21(27-13-26-18)25-10-9-16-15-6-4-3-5-14(15)7-8-17(16)24/h3-8,11-13H,2,9-10H2,1H3,(H,28,29)(H,25,26,27). The number of hydrogen-bond donors (Lipinski definition) is 2. The number of aromatic carboxylic acids is 1. The Labute approximate surface area is 182 Å². The number of halogens is 1. The molecule has 2 aromatic heterocycles. The van der Waals surface area contributed by atoms with Gasteiger partial charge >= 0.3 is 5.97 Å². The van der Waals surface area contributed by atoms with E-state index in [1.165, 1.54) is 12.4 Å². The number of nitrogens with one attached hydrogen (secondary N) is 1. The van der Waals surface area contributed by atoms with Crippen molar-refractivity contribution < 1.29 is 19.0 Å². The Hall–Kier alpha value is -3.52. The molecular formula is C23H20FN3O3S. The summed E-state index contributed by atoms with van der Waals surface area (Å²) >= 11 is 1.10. The van der Waals surface area contributed by atoms with Crippen LogP contribution in [0.2, 0.25) is 0 Å². The summed E-state index contributed by atoms with van der Waals surface area (Å²) in [5.74, 6) is -0.361. The summed E-state index contributed by atoms with van der Waals surface area (Å²) in [5, 5.41) is 14.5. The number of carbonyl (C=O) groups is 1. The number of fused-ring (bicyclic) bond motifs is 1. The summed E-state index contributed by atoms with van der Waals surface area (Å²) in [4.78, 5) is 20.7. The molecule has 4 aromatic rings. The molecule has 31 heavy (non-hydrogen) atoms. The fourth-order valence-electron chi connectivity index (χ4n) is 3.38. The molecule has 0 aliphatic carbocycles. The van der Waals surface area contributed by atoms with E-state index in [4.69, 9.17) is 4.74 Å². The van der Waals surface area contributed by atoms with Crippen LogP contribution in [0.5, 0.6) is 5.75 Å². The summed E-state index contributed by atoms with van der Waals surface area (Å²) < 4.78 is 19.8. The Morgan fingerprint density at radius 1 is 1.19 bits per heavy atom. The lowest BCUT2D eigenvalue weighted by molar-refractivity contribution is 0.0698. The van der Waals surface area contributed by atoms with E-state index in [0.717, 1.165) is 22.1 Å². The van der Waals surface area contributed by atoms with E-state index >= 15 is 0 Å². The molecule has 0 radical (unpaired) electrons. The molecule has 0 saturated heterocycles. The highest BCUT2D eigenvalue weighted by Gasteiger charge is 2.18. The van der Waals surface area contributed by atoms with Crippen molar-refractivity contribution in [2.45, 2.75) is 13.3 Å². The molecule has 2 N–H and O–H groups in total. The third-order valence-corrected chi connectivity index (χ3v) is 5.90. The van der Waals surface area contributed by atoms with Crippen LogP contribution in [0, 0.1) is 5.82 Å². The molecular weight excluding hydrogens is 417 g/mol. The number of aromatic nitrogens is 2. The fourth-order valence-corrected chi connectivity index (χ4v) is 4.29. The molecule has 0 aliphatic rings. The van der Waals surface area contributed by atoms with E-state index in [9.17, 15) is 14.3 Å². The predicted molar refractivity (Wildman–Crippen MR) is 120 cm³/mol. The average molecular weight is 437 g/mol. The maximum atomic E-state index is 14.4. The van der Waals surface area contributed by atoms with Crippen LogP contribution in [0.4, 0.5) is 10.2 Å². The molecule has 0 aliphatic heterocycles. The minimum atomic E-state index is -1.04. The highest BCUT2D eigenvalue weighted by atomic mass is 32.1. The number of rotatable bonds is 8. The van der Waals surface area contributed by atoms with E-state index < -0.39 is 5.97 Å². The van der Waals surface area contributed by atoms with Crippen molar-refractivity contribution in [3.63, 3.8) is 0 Å². The first-order valence-electron chi connectivity index (χ1n) is 9.79. The third kappa shape index (κ3) is 4.49. The summed E-state index contributed by atoms with van der Waals surface area (Å²) in [7, 11) is 0. The second kappa shape index (κ2) is 9.09. The molecule has 0 unspecified atom stereocenters. The molecule has 2 aromatic carbocycles. The van der Waals surface area contributed by atoms with Crippen molar-refractivity contribution in [1.82, 2.24) is 9.97 Å². The monoisotopic (exact) mass is 437 g/mol. The van der Waals surface area contributed by atoms with Gasteiger partial charge in [-0.05, 0) is 35.7 Å². The second-order valence-electron chi connectivity index (χ2n) is 6.75. The minimum absolute atomic E-state index is 0.136. The van der Waals surface area contributed by atoms with Crippen LogP contribution in [0.1, 0.15) is 22.2 Å². The van der Waals surface area contributed by atoms with Crippen molar-refractivity contribution in [3.05, 3.63) is 71.1 Å². The van der Waals surface area contributed by atoms with Gasteiger partial charge in [0, 0.05) is 18.7 Å². The van der Waals surface area contributed by atoms with Crippen LogP contribution in [0.15, 0.2) is 54.9 Å². The van der Waals surface area contributed by atoms with Gasteiger partial charge in [-0.2, -0.15) is 0 Å². The molecule has 0 bridgehead atoms. The first-order chi connectivity index (χ1) is 15.1. The number of carboxylic acids is 1. The Morgan fingerprint density at radius 3 is 2.84 bits per heavy atom. The zero-order valence-corrected chi connectivity index (χ0v) is 17.6. The van der Waals surface area contributed by atoms with Crippen molar-refractivity contribution in [2.24, 2.45) is 0 Å². The van der Waals surface area contributed by atoms with Gasteiger partial charge in [-0.1, -0.05) is 30.3 Å². The number of benzene rings is 2. The maximum Gasteiger partial charge on any atom is 0.349 e. The van der Waals surface area contributed by atoms with Gasteiger partial charge in [0.2, 0.25) is 0 Å². The number of ether oxygens (including phenoxy) is 1. The first kappa shape index (κ1) is 20.7. The topological polar surface area (TPSA) is 84.3 Å². The van der Waals surface area contributed by atoms with Crippen LogP contribution in [-0.4, -0.2) is 34.2 Å². The number of anilines is 1. The SMILES string of the molecule is CCOc1cc(-c2cc(NCCc3c(F)ccc4ccccc34)ncn2)sc1C(=O)O. The zero-order valence-electron chi connectivity index (χ0n) is 16.8. The highest BCUT2D eigenvalue weighted by molar-refractivity contribution is 7.17. The van der Waals surface area contributed by atoms with Crippen molar-refractivity contribution in [1.29, 1.82) is 0 Å². The molecule has 0 spiro atoms. The van der Waals surface area contributed by atoms with E-state index in [2.05, 4.69) is 15.3 Å². The van der Waals surface area contributed by atoms with Gasteiger partial charge in [0.1, 0.15) is 23.7 Å². The third-order valence-electron chi connectivity index (χ3n) is 4.78. The Kier molecular flexibility index (Phi) is 6.08. The van der Waals surface area contributed by atoms with Gasteiger partial charge in [-0.15, -0.1) is 11.3 Å². The Balaban J connectivity index is 1.51. The Bertz CT molecular complexity index is 1240. The number of nitrogens with zero attached hydrogens (tertiary/aromatic N) is 2. The lowest BCUT2D eigenvalue weighted by atomic mass is 10.0. The molecule has 0 atom stereocenters. The molecule has 2 heterocycles. The molecule has 8 heteroatoms. The van der Waals surface area contributed by atoms with Gasteiger partial charge < -0.3 is 15.2 Å². The number of carboxylic acid groups (broad SMARTS) is 1. The lowest BCUT2D eigenvalue weighted by Crippen LogP contribution is -2.08. The van der Waals surface area contributed by atoms with Gasteiger partial charge in [0.15, 0.2) is 4.88 Å². The summed E-state index contributed by atoms with van der Waals surface area (Å²) in [6, 6.07) is 14.4. The molecule has 0 amide bonds. The largest absolute Gasteiger partial charge is 0.492 e. The van der Waals surface area contributed by atoms with Gasteiger partial charge in [-0.25, -0.2) is 19.2 Å². The second-order valence-corrected chi connectivity index (χ2v) is 7.81. The van der Waals surface area contributed by atoms with Crippen LogP contribution >= 0.6 is 11.3 Å². The summed E-state index contributed by atoms with van der Waals surface area (Å²) in [5.41, 5.74) is 1.25. The van der Waals surface area contributed by atoms with E-state index in [0.29, 0.717) is 47.3 Å². The molecule has 4 rings (SSSR count). The average Bonchev–Trinajstić information content (AvgIpc) is 3.20. The van der Waals surface area contributed by atoms with Gasteiger partial charge in [0.25, 0.3) is 0 Å². The summed E-state index contributed by atoms with van der Waals surface area (Å²) in [6.07, 6.45) is 1.90. The van der Waals surface area contributed by atoms with Gasteiger partial charge in [-0.3, -0.25) is 0 Å². The smallest absolute Gasteiger partial charge is 0.349 e. The molecule has 0 saturated carbocycles. The molecule has 6 nitrogen and oxygen atoms in total. The van der Waals surface area contributed by atoms with Crippen LogP contribution in [0.25, 0.3) is 21.3 Å². The van der Waals surface area contributed by atoms with Gasteiger partial charge in [0.05, 0.1) is 17.2 Å². The molecule has 0 fully saturated rings. The quantitative estimate of drug-likeness (QED) is 0.392. The summed E-state index contributed by atoms with van der Waals surface area (Å²) in [6.45, 7) is 2.66. The van der Waals surface area contributed by atoms with Crippen molar-refractivity contribution >= 4 is 33.9 Å². The number of thiophene rings is 1. The highest BCUT2D eigenvalue weighted by Crippen LogP contribution is 2.36. The van der Waals surface area contributed by atoms with Crippen LogP contribution in [0.3, 0.4) is 0 Å². The molecule has 158 valence electrons. The zero-order chi connectivity index (χ0) is 21.8. The number of hydrogen-bond acceptors (Lipinski definition) is 6. The normalized spacial score (nSPS) is 10.9. The predicted octanol–water partition coefficient (Wildman–Crippen LogP) is 5.25. The fraction of sp³-hybridized carbons (Fsp3) is 0.174. The van der Waals surface area contributed by atoms with Crippen molar-refractivity contribution in [2.75, 3.05) is 18.5 Å². The van der Waals surface area contributed by atoms with E-state index in [1.54, 1.807) is 25.1 Å². The van der Waals surface area contributed by atoms with Crippen LogP contribution in [-0.2, 0) is 6.42 Å². The van der Waals surface area contributed by atoms with Crippen molar-refractivity contribution in [3.8, 4) is 16.3 Å². The Morgan fingerprint density at radius 2 is 2.03 bits per heavy atom. The minimum Gasteiger partial charge on any atom is -0.492 e. The van der Waals surface area contributed by atoms with E-state index in [-0.39, 0.29) is 10.7 Å². The van der Waals surface area contributed by atoms with Crippen LogP contribution < -0.4 is 10.1 Å². The first-order valence-corrected chi connectivity index (χ1v) is 10.6. The maximum absolute atomic E-state index is 14.4. The lowest BCUT2D eigenvalue weighted by Gasteiger charge is -2.10.